The second-order valence-electron chi connectivity index (χ2n) is 7.37. The summed E-state index contributed by atoms with van der Waals surface area (Å²) in [4.78, 5) is 16.3. The summed E-state index contributed by atoms with van der Waals surface area (Å²) in [5, 5.41) is 9.63. The Morgan fingerprint density at radius 1 is 1.04 bits per heavy atom. The zero-order valence-corrected chi connectivity index (χ0v) is 15.3. The summed E-state index contributed by atoms with van der Waals surface area (Å²) in [6, 6.07) is 10.6. The number of carbonyl (C=O) groups excluding carboxylic acids is 1. The third-order valence-electron chi connectivity index (χ3n) is 4.66. The van der Waals surface area contributed by atoms with Crippen LogP contribution in [-0.2, 0) is 4.79 Å². The van der Waals surface area contributed by atoms with Crippen molar-refractivity contribution in [2.45, 2.75) is 46.1 Å². The van der Waals surface area contributed by atoms with Crippen LogP contribution in [0, 0.1) is 17.2 Å². The summed E-state index contributed by atoms with van der Waals surface area (Å²) in [5.74, 6) is 1.12. The van der Waals surface area contributed by atoms with Gasteiger partial charge in [0.15, 0.2) is 0 Å². The lowest BCUT2D eigenvalue weighted by atomic mass is 9.98. The first-order valence-corrected chi connectivity index (χ1v) is 8.93. The van der Waals surface area contributed by atoms with Crippen LogP contribution in [0.1, 0.15) is 57.2 Å². The van der Waals surface area contributed by atoms with Gasteiger partial charge in [0, 0.05) is 32.6 Å². The summed E-state index contributed by atoms with van der Waals surface area (Å²) in [6.07, 6.45) is 0.609. The number of rotatable bonds is 5. The molecule has 0 aliphatic carbocycles. The molecule has 4 nitrogen and oxygen atoms in total. The van der Waals surface area contributed by atoms with Crippen molar-refractivity contribution in [2.75, 3.05) is 26.2 Å². The quantitative estimate of drug-likeness (QED) is 0.830. The van der Waals surface area contributed by atoms with Gasteiger partial charge in [-0.3, -0.25) is 9.69 Å². The molecule has 130 valence electrons. The number of carbonyl (C=O) groups is 1. The Hall–Kier alpha value is -1.86. The highest BCUT2D eigenvalue weighted by Gasteiger charge is 2.27. The van der Waals surface area contributed by atoms with Crippen LogP contribution in [0.3, 0.4) is 0 Å². The van der Waals surface area contributed by atoms with Gasteiger partial charge in [-0.05, 0) is 23.0 Å². The molecule has 24 heavy (non-hydrogen) atoms. The van der Waals surface area contributed by atoms with Gasteiger partial charge in [0.05, 0.1) is 6.07 Å². The maximum Gasteiger partial charge on any atom is 0.222 e. The molecule has 0 aromatic heterocycles. The number of amides is 1. The van der Waals surface area contributed by atoms with E-state index >= 15 is 0 Å². The standard InChI is InChI=1S/C20H29N3O/c1-15(2)13-20(24)23-11-9-22(10-12-23)19(14-21)18-7-5-17(6-8-18)16(3)4/h5-8,15-16,19H,9-13H2,1-4H3. The Labute approximate surface area is 146 Å². The molecule has 4 heteroatoms. The molecule has 1 aliphatic rings. The Bertz CT molecular complexity index is 578. The molecule has 0 bridgehead atoms. The van der Waals surface area contributed by atoms with Crippen molar-refractivity contribution in [3.05, 3.63) is 35.4 Å². The van der Waals surface area contributed by atoms with Gasteiger partial charge < -0.3 is 4.90 Å². The van der Waals surface area contributed by atoms with Crippen molar-refractivity contribution in [2.24, 2.45) is 5.92 Å². The summed E-state index contributed by atoms with van der Waals surface area (Å²) in [7, 11) is 0. The van der Waals surface area contributed by atoms with Crippen LogP contribution in [0.2, 0.25) is 0 Å². The zero-order valence-electron chi connectivity index (χ0n) is 15.3. The Morgan fingerprint density at radius 3 is 2.04 bits per heavy atom. The Morgan fingerprint density at radius 2 is 1.58 bits per heavy atom. The van der Waals surface area contributed by atoms with E-state index in [4.69, 9.17) is 0 Å². The van der Waals surface area contributed by atoms with Gasteiger partial charge in [-0.25, -0.2) is 0 Å². The first-order valence-electron chi connectivity index (χ1n) is 8.93. The van der Waals surface area contributed by atoms with E-state index in [9.17, 15) is 10.1 Å². The number of hydrogen-bond acceptors (Lipinski definition) is 3. The summed E-state index contributed by atoms with van der Waals surface area (Å²) in [6.45, 7) is 11.4. The first kappa shape index (κ1) is 18.5. The van der Waals surface area contributed by atoms with Gasteiger partial charge in [-0.15, -0.1) is 0 Å². The Kier molecular flexibility index (Phi) is 6.39. The normalized spacial score (nSPS) is 17.1. The lowest BCUT2D eigenvalue weighted by Gasteiger charge is -2.37. The molecule has 0 N–H and O–H groups in total. The van der Waals surface area contributed by atoms with E-state index in [2.05, 4.69) is 62.9 Å². The average Bonchev–Trinajstić information content (AvgIpc) is 2.56. The van der Waals surface area contributed by atoms with E-state index in [0.717, 1.165) is 18.7 Å². The number of hydrogen-bond donors (Lipinski definition) is 0. The van der Waals surface area contributed by atoms with Gasteiger partial charge in [0.1, 0.15) is 6.04 Å². The van der Waals surface area contributed by atoms with E-state index in [-0.39, 0.29) is 11.9 Å². The fraction of sp³-hybridized carbons (Fsp3) is 0.600. The van der Waals surface area contributed by atoms with Crippen molar-refractivity contribution >= 4 is 5.91 Å². The average molecular weight is 327 g/mol. The van der Waals surface area contributed by atoms with Crippen LogP contribution >= 0.6 is 0 Å². The number of nitrogens with zero attached hydrogens (tertiary/aromatic N) is 3. The lowest BCUT2D eigenvalue weighted by Crippen LogP contribution is -2.49. The smallest absolute Gasteiger partial charge is 0.222 e. The third-order valence-corrected chi connectivity index (χ3v) is 4.66. The minimum Gasteiger partial charge on any atom is -0.340 e. The van der Waals surface area contributed by atoms with E-state index < -0.39 is 0 Å². The van der Waals surface area contributed by atoms with Gasteiger partial charge in [-0.1, -0.05) is 52.0 Å². The van der Waals surface area contributed by atoms with Gasteiger partial charge >= 0.3 is 0 Å². The maximum atomic E-state index is 12.2. The largest absolute Gasteiger partial charge is 0.340 e. The molecular weight excluding hydrogens is 298 g/mol. The molecule has 1 amide bonds. The van der Waals surface area contributed by atoms with Crippen molar-refractivity contribution in [1.29, 1.82) is 5.26 Å². The first-order chi connectivity index (χ1) is 11.4. The SMILES string of the molecule is CC(C)CC(=O)N1CCN(C(C#N)c2ccc(C(C)C)cc2)CC1. The number of benzene rings is 1. The summed E-state index contributed by atoms with van der Waals surface area (Å²) in [5.41, 5.74) is 2.34. The van der Waals surface area contributed by atoms with Crippen molar-refractivity contribution in [1.82, 2.24) is 9.80 Å². The molecule has 0 saturated carbocycles. The highest BCUT2D eigenvalue weighted by Crippen LogP contribution is 2.24. The summed E-state index contributed by atoms with van der Waals surface area (Å²) < 4.78 is 0. The molecule has 1 fully saturated rings. The Balaban J connectivity index is 1.98. The highest BCUT2D eigenvalue weighted by atomic mass is 16.2. The second kappa shape index (κ2) is 8.30. The van der Waals surface area contributed by atoms with Crippen LogP contribution in [0.4, 0.5) is 0 Å². The van der Waals surface area contributed by atoms with E-state index in [1.165, 1.54) is 5.56 Å². The van der Waals surface area contributed by atoms with Crippen molar-refractivity contribution in [3.8, 4) is 6.07 Å². The van der Waals surface area contributed by atoms with Gasteiger partial charge in [0.25, 0.3) is 0 Å². The second-order valence-corrected chi connectivity index (χ2v) is 7.37. The van der Waals surface area contributed by atoms with Crippen molar-refractivity contribution < 1.29 is 4.79 Å². The van der Waals surface area contributed by atoms with Gasteiger partial charge in [-0.2, -0.15) is 5.26 Å². The molecule has 1 heterocycles. The minimum atomic E-state index is -0.228. The topological polar surface area (TPSA) is 47.3 Å². The number of piperazine rings is 1. The highest BCUT2D eigenvalue weighted by molar-refractivity contribution is 5.76. The molecule has 1 aromatic carbocycles. The van der Waals surface area contributed by atoms with E-state index in [0.29, 0.717) is 31.3 Å². The van der Waals surface area contributed by atoms with Crippen LogP contribution in [0.5, 0.6) is 0 Å². The molecule has 2 rings (SSSR count). The van der Waals surface area contributed by atoms with E-state index in [1.807, 2.05) is 4.90 Å². The fourth-order valence-electron chi connectivity index (χ4n) is 3.14. The molecular formula is C20H29N3O. The van der Waals surface area contributed by atoms with E-state index in [1.54, 1.807) is 0 Å². The van der Waals surface area contributed by atoms with Crippen LogP contribution < -0.4 is 0 Å². The fourth-order valence-corrected chi connectivity index (χ4v) is 3.14. The molecule has 1 atom stereocenters. The number of nitriles is 1. The van der Waals surface area contributed by atoms with Crippen LogP contribution in [0.25, 0.3) is 0 Å². The minimum absolute atomic E-state index is 0.228. The third kappa shape index (κ3) is 4.58. The molecule has 1 saturated heterocycles. The van der Waals surface area contributed by atoms with Crippen LogP contribution in [-0.4, -0.2) is 41.9 Å². The molecule has 1 unspecified atom stereocenters. The van der Waals surface area contributed by atoms with Crippen molar-refractivity contribution in [3.63, 3.8) is 0 Å². The summed E-state index contributed by atoms with van der Waals surface area (Å²) >= 11 is 0. The molecule has 1 aliphatic heterocycles. The molecule has 0 spiro atoms. The predicted molar refractivity (Wildman–Crippen MR) is 96.5 cm³/mol. The molecule has 1 aromatic rings. The zero-order chi connectivity index (χ0) is 17.7. The molecule has 0 radical (unpaired) electrons. The monoisotopic (exact) mass is 327 g/mol. The lowest BCUT2D eigenvalue weighted by molar-refractivity contribution is -0.133. The van der Waals surface area contributed by atoms with Gasteiger partial charge in [0.2, 0.25) is 5.91 Å². The maximum absolute atomic E-state index is 12.2. The predicted octanol–water partition coefficient (Wildman–Crippen LogP) is 3.56. The van der Waals surface area contributed by atoms with Crippen LogP contribution in [0.15, 0.2) is 24.3 Å².